The molecule has 0 aliphatic heterocycles. The van der Waals surface area contributed by atoms with E-state index in [1.165, 1.54) is 18.5 Å². The SMILES string of the molecule is CCOC(=O)CC1CCC(CN(CC)c2ccc(C(F)(F)F)cc2CNc2ncc(OCCS(C)(=O)=O)cn2)CC1. The molecule has 228 valence electrons. The fourth-order valence-electron chi connectivity index (χ4n) is 4.96. The minimum atomic E-state index is -4.48. The van der Waals surface area contributed by atoms with Crippen LogP contribution in [0.5, 0.6) is 5.75 Å². The molecule has 0 atom stereocenters. The molecule has 1 N–H and O–H groups in total. The number of hydrogen-bond acceptors (Lipinski definition) is 9. The standard InChI is InChI=1S/C28H39F3N4O5S/c1-4-35(19-21-8-6-20(7-9-21)14-26(36)39-5-2)25-11-10-23(28(29,30)31)15-22(25)16-32-27-33-17-24(18-34-27)40-12-13-41(3,37)38/h10-11,15,17-18,20-21H,4-9,12-14,16,19H2,1-3H3,(H,32,33,34). The van der Waals surface area contributed by atoms with Crippen LogP contribution in [0.2, 0.25) is 0 Å². The van der Waals surface area contributed by atoms with Crippen molar-refractivity contribution in [2.24, 2.45) is 11.8 Å². The van der Waals surface area contributed by atoms with Crippen molar-refractivity contribution in [3.63, 3.8) is 0 Å². The highest BCUT2D eigenvalue weighted by atomic mass is 32.2. The highest BCUT2D eigenvalue weighted by molar-refractivity contribution is 7.90. The molecule has 1 aromatic heterocycles. The van der Waals surface area contributed by atoms with Gasteiger partial charge in [-0.15, -0.1) is 0 Å². The lowest BCUT2D eigenvalue weighted by atomic mass is 9.80. The summed E-state index contributed by atoms with van der Waals surface area (Å²) < 4.78 is 73.6. The molecule has 1 saturated carbocycles. The smallest absolute Gasteiger partial charge is 0.416 e. The van der Waals surface area contributed by atoms with E-state index in [2.05, 4.69) is 20.2 Å². The molecule has 3 rings (SSSR count). The number of carbonyl (C=O) groups excluding carboxylic acids is 1. The number of anilines is 2. The monoisotopic (exact) mass is 600 g/mol. The first-order valence-corrected chi connectivity index (χ1v) is 15.9. The van der Waals surface area contributed by atoms with Gasteiger partial charge in [0.2, 0.25) is 5.95 Å². The summed E-state index contributed by atoms with van der Waals surface area (Å²) in [6.45, 7) is 5.51. The minimum absolute atomic E-state index is 0.0392. The summed E-state index contributed by atoms with van der Waals surface area (Å²) in [5, 5.41) is 2.99. The molecule has 0 spiro atoms. The number of carbonyl (C=O) groups is 1. The highest BCUT2D eigenvalue weighted by Crippen LogP contribution is 2.36. The molecule has 1 aliphatic rings. The lowest BCUT2D eigenvalue weighted by Gasteiger charge is -2.34. The van der Waals surface area contributed by atoms with Gasteiger partial charge in [-0.1, -0.05) is 0 Å². The molecule has 9 nitrogen and oxygen atoms in total. The van der Waals surface area contributed by atoms with E-state index in [0.29, 0.717) is 49.2 Å². The molecule has 1 aromatic carbocycles. The zero-order chi connectivity index (χ0) is 30.0. The first-order valence-electron chi connectivity index (χ1n) is 13.8. The predicted molar refractivity (Wildman–Crippen MR) is 151 cm³/mol. The predicted octanol–water partition coefficient (Wildman–Crippen LogP) is 5.12. The number of esters is 1. The summed E-state index contributed by atoms with van der Waals surface area (Å²) in [5.74, 6) is 0.859. The largest absolute Gasteiger partial charge is 0.489 e. The van der Waals surface area contributed by atoms with Crippen LogP contribution in [0.3, 0.4) is 0 Å². The van der Waals surface area contributed by atoms with Crippen LogP contribution in [-0.4, -0.2) is 62.7 Å². The molecular formula is C28H39F3N4O5S. The van der Waals surface area contributed by atoms with Crippen molar-refractivity contribution in [1.29, 1.82) is 0 Å². The average molecular weight is 601 g/mol. The molecule has 0 radical (unpaired) electrons. The maximum Gasteiger partial charge on any atom is 0.416 e. The second kappa shape index (κ2) is 14.7. The number of aromatic nitrogens is 2. The van der Waals surface area contributed by atoms with Crippen LogP contribution in [0, 0.1) is 11.8 Å². The Balaban J connectivity index is 1.67. The maximum atomic E-state index is 13.6. The number of halogens is 3. The van der Waals surface area contributed by atoms with Crippen molar-refractivity contribution in [1.82, 2.24) is 9.97 Å². The normalized spacial score (nSPS) is 17.6. The molecule has 13 heteroatoms. The van der Waals surface area contributed by atoms with Gasteiger partial charge >= 0.3 is 12.1 Å². The number of hydrogen-bond donors (Lipinski definition) is 1. The third-order valence-electron chi connectivity index (χ3n) is 7.12. The van der Waals surface area contributed by atoms with Crippen LogP contribution in [0.1, 0.15) is 57.1 Å². The fourth-order valence-corrected chi connectivity index (χ4v) is 5.35. The second-order valence-electron chi connectivity index (χ2n) is 10.4. The fraction of sp³-hybridized carbons (Fsp3) is 0.607. The van der Waals surface area contributed by atoms with Crippen molar-refractivity contribution in [2.45, 2.75) is 58.7 Å². The molecular weight excluding hydrogens is 561 g/mol. The second-order valence-corrected chi connectivity index (χ2v) is 12.6. The third kappa shape index (κ3) is 10.7. The van der Waals surface area contributed by atoms with Gasteiger partial charge in [-0.2, -0.15) is 13.2 Å². The van der Waals surface area contributed by atoms with E-state index >= 15 is 0 Å². The molecule has 0 unspecified atom stereocenters. The Bertz CT molecular complexity index is 1230. The number of nitrogens with one attached hydrogen (secondary N) is 1. The summed E-state index contributed by atoms with van der Waals surface area (Å²) in [6, 6.07) is 3.79. The van der Waals surface area contributed by atoms with Gasteiger partial charge in [0.05, 0.1) is 30.3 Å². The zero-order valence-corrected chi connectivity index (χ0v) is 24.6. The van der Waals surface area contributed by atoms with Crippen LogP contribution in [0.15, 0.2) is 30.6 Å². The summed E-state index contributed by atoms with van der Waals surface area (Å²) >= 11 is 0. The number of ether oxygens (including phenoxy) is 2. The first kappa shape index (κ1) is 32.4. The van der Waals surface area contributed by atoms with E-state index < -0.39 is 21.6 Å². The third-order valence-corrected chi connectivity index (χ3v) is 8.03. The Morgan fingerprint density at radius 3 is 2.34 bits per heavy atom. The number of sulfone groups is 1. The van der Waals surface area contributed by atoms with E-state index in [1.807, 2.05) is 6.92 Å². The zero-order valence-electron chi connectivity index (χ0n) is 23.7. The average Bonchev–Trinajstić information content (AvgIpc) is 2.91. The van der Waals surface area contributed by atoms with Gasteiger partial charge in [-0.05, 0) is 75.1 Å². The molecule has 1 aliphatic carbocycles. The van der Waals surface area contributed by atoms with Gasteiger partial charge in [0.25, 0.3) is 0 Å². The van der Waals surface area contributed by atoms with E-state index in [-0.39, 0.29) is 36.6 Å². The Kier molecular flexibility index (Phi) is 11.6. The number of alkyl halides is 3. The van der Waals surface area contributed by atoms with Crippen molar-refractivity contribution in [3.05, 3.63) is 41.7 Å². The number of nitrogens with zero attached hydrogens (tertiary/aromatic N) is 3. The van der Waals surface area contributed by atoms with Crippen LogP contribution >= 0.6 is 0 Å². The molecule has 1 fully saturated rings. The maximum absolute atomic E-state index is 13.6. The Morgan fingerprint density at radius 2 is 1.76 bits per heavy atom. The van der Waals surface area contributed by atoms with Gasteiger partial charge in [0.15, 0.2) is 15.6 Å². The number of benzene rings is 1. The lowest BCUT2D eigenvalue weighted by molar-refractivity contribution is -0.144. The van der Waals surface area contributed by atoms with Gasteiger partial charge in [0, 0.05) is 38.0 Å². The van der Waals surface area contributed by atoms with Crippen molar-refractivity contribution >= 4 is 27.4 Å². The van der Waals surface area contributed by atoms with E-state index in [4.69, 9.17) is 9.47 Å². The summed E-state index contributed by atoms with van der Waals surface area (Å²) in [7, 11) is -3.17. The summed E-state index contributed by atoms with van der Waals surface area (Å²) in [4.78, 5) is 22.2. The van der Waals surface area contributed by atoms with Crippen LogP contribution in [0.4, 0.5) is 24.8 Å². The Labute approximate surface area is 239 Å². The molecule has 0 saturated heterocycles. The van der Waals surface area contributed by atoms with E-state index in [1.54, 1.807) is 6.92 Å². The highest BCUT2D eigenvalue weighted by Gasteiger charge is 2.32. The lowest BCUT2D eigenvalue weighted by Crippen LogP contribution is -2.33. The van der Waals surface area contributed by atoms with Gasteiger partial charge in [-0.3, -0.25) is 4.79 Å². The summed E-state index contributed by atoms with van der Waals surface area (Å²) in [5.41, 5.74) is 0.446. The Hall–Kier alpha value is -3.09. The Morgan fingerprint density at radius 1 is 1.10 bits per heavy atom. The molecule has 2 aromatic rings. The topological polar surface area (TPSA) is 111 Å². The number of rotatable bonds is 14. The van der Waals surface area contributed by atoms with Crippen LogP contribution in [-0.2, 0) is 32.1 Å². The summed E-state index contributed by atoms with van der Waals surface area (Å²) in [6.07, 6.45) is 3.55. The molecule has 0 amide bonds. The van der Waals surface area contributed by atoms with E-state index in [9.17, 15) is 26.4 Å². The van der Waals surface area contributed by atoms with Gasteiger partial charge in [-0.25, -0.2) is 18.4 Å². The van der Waals surface area contributed by atoms with Crippen LogP contribution in [0.25, 0.3) is 0 Å². The van der Waals surface area contributed by atoms with E-state index in [0.717, 1.165) is 44.1 Å². The van der Waals surface area contributed by atoms with Crippen molar-refractivity contribution in [3.8, 4) is 5.75 Å². The minimum Gasteiger partial charge on any atom is -0.489 e. The first-order chi connectivity index (χ1) is 19.4. The quantitative estimate of drug-likeness (QED) is 0.296. The molecule has 41 heavy (non-hydrogen) atoms. The van der Waals surface area contributed by atoms with Crippen molar-refractivity contribution in [2.75, 3.05) is 48.5 Å². The van der Waals surface area contributed by atoms with Crippen molar-refractivity contribution < 1.29 is 35.9 Å². The van der Waals surface area contributed by atoms with Gasteiger partial charge in [0.1, 0.15) is 6.61 Å². The van der Waals surface area contributed by atoms with Gasteiger partial charge < -0.3 is 19.7 Å². The molecule has 0 bridgehead atoms. The van der Waals surface area contributed by atoms with Crippen LogP contribution < -0.4 is 15.0 Å². The molecule has 1 heterocycles.